The molecule has 0 amide bonds. The van der Waals surface area contributed by atoms with Gasteiger partial charge in [-0.15, -0.1) is 0 Å². The van der Waals surface area contributed by atoms with Crippen molar-refractivity contribution < 1.29 is 14.3 Å². The number of epoxide rings is 1. The van der Waals surface area contributed by atoms with Crippen molar-refractivity contribution in [3.8, 4) is 0 Å². The summed E-state index contributed by atoms with van der Waals surface area (Å²) in [6.07, 6.45) is 3.21. The molecule has 2 fully saturated rings. The molecule has 4 nitrogen and oxygen atoms in total. The van der Waals surface area contributed by atoms with Gasteiger partial charge in [-0.25, -0.2) is 4.79 Å². The van der Waals surface area contributed by atoms with Crippen molar-refractivity contribution in [3.63, 3.8) is 0 Å². The summed E-state index contributed by atoms with van der Waals surface area (Å²) in [5.41, 5.74) is 0.617. The number of hydrogen-bond donors (Lipinski definition) is 0. The maximum atomic E-state index is 12.7. The molecule has 5 atom stereocenters. The highest BCUT2D eigenvalue weighted by molar-refractivity contribution is 5.89. The van der Waals surface area contributed by atoms with Crippen LogP contribution in [0.1, 0.15) is 64.2 Å². The lowest BCUT2D eigenvalue weighted by molar-refractivity contribution is -0.140. The van der Waals surface area contributed by atoms with Crippen LogP contribution in [0.2, 0.25) is 0 Å². The van der Waals surface area contributed by atoms with Crippen molar-refractivity contribution in [3.05, 3.63) is 35.9 Å². The summed E-state index contributed by atoms with van der Waals surface area (Å²) in [6.45, 7) is 13.2. The SMILES string of the molecule is CCC1(C)CC(OC(=O)c2ccccc2)C(C)C(C)(CC)N1CC1CO1. The molecule has 0 radical (unpaired) electrons. The summed E-state index contributed by atoms with van der Waals surface area (Å²) < 4.78 is 11.6. The van der Waals surface area contributed by atoms with Gasteiger partial charge in [0.05, 0.1) is 18.3 Å². The Morgan fingerprint density at radius 2 is 1.88 bits per heavy atom. The lowest BCUT2D eigenvalue weighted by atomic mass is 9.67. The topological polar surface area (TPSA) is 42.1 Å². The Morgan fingerprint density at radius 1 is 1.23 bits per heavy atom. The lowest BCUT2D eigenvalue weighted by Gasteiger charge is -2.60. The molecule has 3 rings (SSSR count). The Labute approximate surface area is 157 Å². The minimum Gasteiger partial charge on any atom is -0.458 e. The van der Waals surface area contributed by atoms with Gasteiger partial charge in [0, 0.05) is 30.0 Å². The summed E-state index contributed by atoms with van der Waals surface area (Å²) in [7, 11) is 0. The summed E-state index contributed by atoms with van der Waals surface area (Å²) >= 11 is 0. The Hall–Kier alpha value is -1.39. The van der Waals surface area contributed by atoms with E-state index in [1.807, 2.05) is 30.3 Å². The van der Waals surface area contributed by atoms with Gasteiger partial charge in [0.25, 0.3) is 0 Å². The number of rotatable bonds is 6. The van der Waals surface area contributed by atoms with Crippen LogP contribution in [0.4, 0.5) is 0 Å². The minimum absolute atomic E-state index is 0.00482. The fourth-order valence-electron chi connectivity index (χ4n) is 4.56. The van der Waals surface area contributed by atoms with Gasteiger partial charge in [0.2, 0.25) is 0 Å². The molecule has 1 aromatic rings. The first-order valence-electron chi connectivity index (χ1n) is 9.99. The number of ether oxygens (including phenoxy) is 2. The van der Waals surface area contributed by atoms with Crippen LogP contribution in [-0.2, 0) is 9.47 Å². The highest BCUT2D eigenvalue weighted by atomic mass is 16.6. The molecule has 26 heavy (non-hydrogen) atoms. The number of likely N-dealkylation sites (tertiary alicyclic amines) is 1. The number of nitrogens with zero attached hydrogens (tertiary/aromatic N) is 1. The van der Waals surface area contributed by atoms with E-state index in [9.17, 15) is 4.79 Å². The second kappa shape index (κ2) is 7.32. The van der Waals surface area contributed by atoms with Gasteiger partial charge >= 0.3 is 5.97 Å². The molecule has 144 valence electrons. The number of hydrogen-bond acceptors (Lipinski definition) is 4. The number of benzene rings is 1. The van der Waals surface area contributed by atoms with Crippen molar-refractivity contribution in [2.45, 2.75) is 77.2 Å². The number of carbonyl (C=O) groups is 1. The fourth-order valence-corrected chi connectivity index (χ4v) is 4.56. The molecule has 0 spiro atoms. The van der Waals surface area contributed by atoms with Gasteiger partial charge in [-0.3, -0.25) is 4.90 Å². The van der Waals surface area contributed by atoms with Gasteiger partial charge in [-0.2, -0.15) is 0 Å². The van der Waals surface area contributed by atoms with Crippen molar-refractivity contribution in [2.75, 3.05) is 13.2 Å². The van der Waals surface area contributed by atoms with E-state index in [4.69, 9.17) is 9.47 Å². The number of esters is 1. The first-order chi connectivity index (χ1) is 12.3. The zero-order chi connectivity index (χ0) is 18.9. The van der Waals surface area contributed by atoms with E-state index < -0.39 is 0 Å². The Bertz CT molecular complexity index is 630. The van der Waals surface area contributed by atoms with Crippen LogP contribution < -0.4 is 0 Å². The maximum Gasteiger partial charge on any atom is 0.338 e. The minimum atomic E-state index is -0.210. The van der Waals surface area contributed by atoms with E-state index in [2.05, 4.69) is 39.5 Å². The molecule has 4 heteroatoms. The molecular weight excluding hydrogens is 326 g/mol. The lowest BCUT2D eigenvalue weighted by Crippen LogP contribution is -2.68. The second-order valence-corrected chi connectivity index (χ2v) is 8.43. The van der Waals surface area contributed by atoms with Crippen LogP contribution in [0.15, 0.2) is 30.3 Å². The van der Waals surface area contributed by atoms with Gasteiger partial charge in [-0.1, -0.05) is 39.0 Å². The molecule has 2 heterocycles. The van der Waals surface area contributed by atoms with E-state index in [0.29, 0.717) is 11.7 Å². The van der Waals surface area contributed by atoms with E-state index in [1.54, 1.807) is 0 Å². The normalized spacial score (nSPS) is 37.3. The third-order valence-corrected chi connectivity index (χ3v) is 6.98. The molecule has 1 aromatic carbocycles. The summed E-state index contributed by atoms with van der Waals surface area (Å²) in [6, 6.07) is 9.32. The van der Waals surface area contributed by atoms with Crippen molar-refractivity contribution in [1.82, 2.24) is 4.90 Å². The maximum absolute atomic E-state index is 12.7. The van der Waals surface area contributed by atoms with Gasteiger partial charge in [0.15, 0.2) is 0 Å². The monoisotopic (exact) mass is 359 g/mol. The zero-order valence-corrected chi connectivity index (χ0v) is 16.8. The van der Waals surface area contributed by atoms with Crippen molar-refractivity contribution >= 4 is 5.97 Å². The molecule has 2 aliphatic rings. The number of carbonyl (C=O) groups excluding carboxylic acids is 1. The second-order valence-electron chi connectivity index (χ2n) is 8.43. The van der Waals surface area contributed by atoms with E-state index >= 15 is 0 Å². The quantitative estimate of drug-likeness (QED) is 0.561. The zero-order valence-electron chi connectivity index (χ0n) is 16.8. The van der Waals surface area contributed by atoms with E-state index in [1.165, 1.54) is 0 Å². The van der Waals surface area contributed by atoms with Crippen LogP contribution in [0, 0.1) is 5.92 Å². The molecule has 2 aliphatic heterocycles. The van der Waals surface area contributed by atoms with Gasteiger partial charge in [-0.05, 0) is 38.8 Å². The Morgan fingerprint density at radius 3 is 2.42 bits per heavy atom. The Balaban J connectivity index is 1.84. The van der Waals surface area contributed by atoms with Crippen molar-refractivity contribution in [2.24, 2.45) is 5.92 Å². The fraction of sp³-hybridized carbons (Fsp3) is 0.682. The average molecular weight is 360 g/mol. The van der Waals surface area contributed by atoms with E-state index in [0.717, 1.165) is 32.4 Å². The molecule has 0 saturated carbocycles. The molecule has 0 bridgehead atoms. The molecule has 0 aliphatic carbocycles. The molecule has 2 saturated heterocycles. The smallest absolute Gasteiger partial charge is 0.338 e. The molecular formula is C22H33NO3. The molecule has 0 N–H and O–H groups in total. The predicted octanol–water partition coefficient (Wildman–Crippen LogP) is 4.29. The Kier molecular flexibility index (Phi) is 5.45. The van der Waals surface area contributed by atoms with Crippen LogP contribution in [-0.4, -0.2) is 47.3 Å². The predicted molar refractivity (Wildman–Crippen MR) is 103 cm³/mol. The number of piperidine rings is 1. The van der Waals surface area contributed by atoms with Crippen LogP contribution >= 0.6 is 0 Å². The first-order valence-corrected chi connectivity index (χ1v) is 9.99. The third kappa shape index (κ3) is 3.54. The van der Waals surface area contributed by atoms with Crippen molar-refractivity contribution in [1.29, 1.82) is 0 Å². The third-order valence-electron chi connectivity index (χ3n) is 6.98. The summed E-state index contributed by atoms with van der Waals surface area (Å²) in [5.74, 6) is 0.0527. The summed E-state index contributed by atoms with van der Waals surface area (Å²) in [4.78, 5) is 15.3. The average Bonchev–Trinajstić information content (AvgIpc) is 3.48. The van der Waals surface area contributed by atoms with Gasteiger partial charge < -0.3 is 9.47 Å². The summed E-state index contributed by atoms with van der Waals surface area (Å²) in [5, 5.41) is 0. The standard InChI is InChI=1S/C22H33NO3/c1-6-21(4)13-19(26-20(24)17-11-9-8-10-12-17)16(3)22(5,7-2)23(21)14-18-15-25-18/h8-12,16,18-19H,6-7,13-15H2,1-5H3. The van der Waals surface area contributed by atoms with Crippen LogP contribution in [0.25, 0.3) is 0 Å². The van der Waals surface area contributed by atoms with E-state index in [-0.39, 0.29) is 29.1 Å². The first kappa shape index (κ1) is 19.4. The highest BCUT2D eigenvalue weighted by Gasteiger charge is 2.54. The highest BCUT2D eigenvalue weighted by Crippen LogP contribution is 2.47. The van der Waals surface area contributed by atoms with Crippen LogP contribution in [0.3, 0.4) is 0 Å². The van der Waals surface area contributed by atoms with Gasteiger partial charge in [0.1, 0.15) is 6.10 Å². The molecule has 5 unspecified atom stereocenters. The molecule has 0 aromatic heterocycles. The largest absolute Gasteiger partial charge is 0.458 e. The van der Waals surface area contributed by atoms with Crippen LogP contribution in [0.5, 0.6) is 0 Å².